The van der Waals surface area contributed by atoms with Crippen molar-refractivity contribution < 1.29 is 24.6 Å². The highest BCUT2D eigenvalue weighted by atomic mass is 32.2. The standard InChI is InChI=1S/C11H11NO5S/c1-18-5-9(13)12-8-3-6(10(14)15)2-7(4-8)11(16)17/h2-4H,5H2,1H3,(H,12,13)(H,14,15)(H,16,17). The van der Waals surface area contributed by atoms with Gasteiger partial charge in [-0.1, -0.05) is 0 Å². The zero-order valence-electron chi connectivity index (χ0n) is 9.47. The van der Waals surface area contributed by atoms with E-state index in [9.17, 15) is 14.4 Å². The van der Waals surface area contributed by atoms with Gasteiger partial charge in [0.2, 0.25) is 5.91 Å². The van der Waals surface area contributed by atoms with Crippen LogP contribution in [-0.2, 0) is 4.79 Å². The van der Waals surface area contributed by atoms with Crippen molar-refractivity contribution in [1.29, 1.82) is 0 Å². The molecule has 0 saturated heterocycles. The second-order valence-electron chi connectivity index (χ2n) is 3.39. The molecule has 96 valence electrons. The number of carbonyl (C=O) groups excluding carboxylic acids is 1. The Hall–Kier alpha value is -2.02. The Morgan fingerprint density at radius 3 is 2.00 bits per heavy atom. The molecule has 6 nitrogen and oxygen atoms in total. The van der Waals surface area contributed by atoms with E-state index in [1.165, 1.54) is 23.9 Å². The second-order valence-corrected chi connectivity index (χ2v) is 4.26. The lowest BCUT2D eigenvalue weighted by Gasteiger charge is -2.07. The molecule has 0 unspecified atom stereocenters. The predicted octanol–water partition coefficient (Wildman–Crippen LogP) is 1.38. The van der Waals surface area contributed by atoms with Crippen molar-refractivity contribution >= 4 is 35.3 Å². The second kappa shape index (κ2) is 6.06. The van der Waals surface area contributed by atoms with E-state index in [0.717, 1.165) is 6.07 Å². The number of aromatic carboxylic acids is 2. The van der Waals surface area contributed by atoms with E-state index in [2.05, 4.69) is 5.32 Å². The number of anilines is 1. The maximum absolute atomic E-state index is 11.3. The van der Waals surface area contributed by atoms with Gasteiger partial charge in [0.15, 0.2) is 0 Å². The number of rotatable bonds is 5. The molecule has 0 aliphatic rings. The molecule has 0 radical (unpaired) electrons. The molecule has 7 heteroatoms. The van der Waals surface area contributed by atoms with Gasteiger partial charge in [-0.15, -0.1) is 0 Å². The quantitative estimate of drug-likeness (QED) is 0.746. The highest BCUT2D eigenvalue weighted by Crippen LogP contribution is 2.16. The summed E-state index contributed by atoms with van der Waals surface area (Å²) in [5.41, 5.74) is -0.213. The van der Waals surface area contributed by atoms with Crippen molar-refractivity contribution in [3.63, 3.8) is 0 Å². The summed E-state index contributed by atoms with van der Waals surface area (Å²) in [6, 6.07) is 3.47. The molecule has 0 aromatic heterocycles. The summed E-state index contributed by atoms with van der Waals surface area (Å²) in [4.78, 5) is 33.0. The zero-order valence-corrected chi connectivity index (χ0v) is 10.3. The fourth-order valence-corrected chi connectivity index (χ4v) is 1.61. The van der Waals surface area contributed by atoms with Crippen LogP contribution in [0, 0.1) is 0 Å². The molecule has 0 aliphatic carbocycles. The average Bonchev–Trinajstić information content (AvgIpc) is 2.28. The number of thioether (sulfide) groups is 1. The predicted molar refractivity (Wildman–Crippen MR) is 67.4 cm³/mol. The molecule has 0 fully saturated rings. The zero-order chi connectivity index (χ0) is 13.7. The first-order valence-corrected chi connectivity index (χ1v) is 6.24. The van der Waals surface area contributed by atoms with Crippen molar-refractivity contribution in [2.75, 3.05) is 17.3 Å². The normalized spacial score (nSPS) is 9.83. The van der Waals surface area contributed by atoms with Gasteiger partial charge in [-0.25, -0.2) is 9.59 Å². The Morgan fingerprint density at radius 1 is 1.11 bits per heavy atom. The van der Waals surface area contributed by atoms with E-state index in [4.69, 9.17) is 10.2 Å². The molecule has 0 atom stereocenters. The Bertz CT molecular complexity index is 468. The van der Waals surface area contributed by atoms with E-state index in [0.29, 0.717) is 0 Å². The van der Waals surface area contributed by atoms with Crippen molar-refractivity contribution in [3.05, 3.63) is 29.3 Å². The summed E-state index contributed by atoms with van der Waals surface area (Å²) in [5.74, 6) is -2.61. The molecular weight excluding hydrogens is 258 g/mol. The first-order chi connectivity index (χ1) is 8.43. The lowest BCUT2D eigenvalue weighted by molar-refractivity contribution is -0.113. The Morgan fingerprint density at radius 2 is 1.61 bits per heavy atom. The average molecular weight is 269 g/mol. The van der Waals surface area contributed by atoms with E-state index in [1.54, 1.807) is 6.26 Å². The van der Waals surface area contributed by atoms with Crippen LogP contribution in [0.25, 0.3) is 0 Å². The lowest BCUT2D eigenvalue weighted by atomic mass is 10.1. The first kappa shape index (κ1) is 14.0. The number of carbonyl (C=O) groups is 3. The van der Waals surface area contributed by atoms with Crippen LogP contribution in [0.3, 0.4) is 0 Å². The summed E-state index contributed by atoms with van der Waals surface area (Å²) in [6.07, 6.45) is 1.75. The summed E-state index contributed by atoms with van der Waals surface area (Å²) in [5, 5.41) is 20.1. The smallest absolute Gasteiger partial charge is 0.335 e. The number of carboxylic acid groups (broad SMARTS) is 2. The minimum atomic E-state index is -1.25. The largest absolute Gasteiger partial charge is 0.478 e. The van der Waals surface area contributed by atoms with Gasteiger partial charge >= 0.3 is 11.9 Å². The van der Waals surface area contributed by atoms with Crippen LogP contribution < -0.4 is 5.32 Å². The summed E-state index contributed by atoms with van der Waals surface area (Å²) in [7, 11) is 0. The topological polar surface area (TPSA) is 104 Å². The maximum Gasteiger partial charge on any atom is 0.335 e. The van der Waals surface area contributed by atoms with Gasteiger partial charge in [0, 0.05) is 5.69 Å². The number of nitrogens with one attached hydrogen (secondary N) is 1. The lowest BCUT2D eigenvalue weighted by Crippen LogP contribution is -2.15. The van der Waals surface area contributed by atoms with Crippen LogP contribution in [0.4, 0.5) is 5.69 Å². The summed E-state index contributed by atoms with van der Waals surface area (Å²) < 4.78 is 0. The van der Waals surface area contributed by atoms with Crippen LogP contribution in [0.15, 0.2) is 18.2 Å². The maximum atomic E-state index is 11.3. The molecule has 1 aromatic carbocycles. The molecule has 0 bridgehead atoms. The highest BCUT2D eigenvalue weighted by molar-refractivity contribution is 7.99. The third-order valence-electron chi connectivity index (χ3n) is 1.99. The van der Waals surface area contributed by atoms with Crippen LogP contribution in [0.5, 0.6) is 0 Å². The highest BCUT2D eigenvalue weighted by Gasteiger charge is 2.12. The van der Waals surface area contributed by atoms with Gasteiger partial charge in [-0.2, -0.15) is 11.8 Å². The fourth-order valence-electron chi connectivity index (χ4n) is 1.27. The Labute approximate surface area is 107 Å². The van der Waals surface area contributed by atoms with Crippen molar-refractivity contribution in [3.8, 4) is 0 Å². The fraction of sp³-hybridized carbons (Fsp3) is 0.182. The third kappa shape index (κ3) is 3.77. The number of benzene rings is 1. The summed E-state index contributed by atoms with van der Waals surface area (Å²) in [6.45, 7) is 0. The molecule has 1 aromatic rings. The van der Waals surface area contributed by atoms with E-state index in [1.807, 2.05) is 0 Å². The minimum absolute atomic E-state index is 0.159. The van der Waals surface area contributed by atoms with Crippen molar-refractivity contribution in [1.82, 2.24) is 0 Å². The number of hydrogen-bond acceptors (Lipinski definition) is 4. The van der Waals surface area contributed by atoms with E-state index < -0.39 is 11.9 Å². The van der Waals surface area contributed by atoms with Gasteiger partial charge in [-0.3, -0.25) is 4.79 Å². The van der Waals surface area contributed by atoms with Gasteiger partial charge < -0.3 is 15.5 Å². The van der Waals surface area contributed by atoms with E-state index in [-0.39, 0.29) is 28.5 Å². The molecule has 0 saturated carbocycles. The van der Waals surface area contributed by atoms with Crippen molar-refractivity contribution in [2.24, 2.45) is 0 Å². The molecular formula is C11H11NO5S. The molecule has 0 spiro atoms. The van der Waals surface area contributed by atoms with Gasteiger partial charge in [-0.05, 0) is 24.5 Å². The Kier molecular flexibility index (Phi) is 4.73. The molecule has 1 amide bonds. The van der Waals surface area contributed by atoms with Crippen LogP contribution >= 0.6 is 11.8 Å². The number of amides is 1. The van der Waals surface area contributed by atoms with Crippen LogP contribution in [0.2, 0.25) is 0 Å². The molecule has 0 heterocycles. The molecule has 1 rings (SSSR count). The van der Waals surface area contributed by atoms with Gasteiger partial charge in [0.1, 0.15) is 0 Å². The number of carboxylic acids is 2. The molecule has 18 heavy (non-hydrogen) atoms. The van der Waals surface area contributed by atoms with Crippen LogP contribution in [0.1, 0.15) is 20.7 Å². The summed E-state index contributed by atoms with van der Waals surface area (Å²) >= 11 is 1.31. The van der Waals surface area contributed by atoms with Gasteiger partial charge in [0.05, 0.1) is 16.9 Å². The van der Waals surface area contributed by atoms with Crippen molar-refractivity contribution in [2.45, 2.75) is 0 Å². The SMILES string of the molecule is CSCC(=O)Nc1cc(C(=O)O)cc(C(=O)O)c1. The van der Waals surface area contributed by atoms with E-state index >= 15 is 0 Å². The molecule has 3 N–H and O–H groups in total. The first-order valence-electron chi connectivity index (χ1n) is 4.84. The monoisotopic (exact) mass is 269 g/mol. The number of hydrogen-bond donors (Lipinski definition) is 3. The minimum Gasteiger partial charge on any atom is -0.478 e. The van der Waals surface area contributed by atoms with Crippen LogP contribution in [-0.4, -0.2) is 40.1 Å². The third-order valence-corrected chi connectivity index (χ3v) is 2.54. The molecule has 0 aliphatic heterocycles. The van der Waals surface area contributed by atoms with Gasteiger partial charge in [0.25, 0.3) is 0 Å². The Balaban J connectivity index is 3.07.